The van der Waals surface area contributed by atoms with Gasteiger partial charge in [0.05, 0.1) is 5.54 Å². The third kappa shape index (κ3) is 4.99. The Hall–Kier alpha value is -5.08. The number of nitrogens with zero attached hydrogens (tertiary/aromatic N) is 2. The molecular formula is C44H40N2. The molecule has 0 radical (unpaired) electrons. The number of fused-ring (bicyclic) bond motifs is 3. The van der Waals surface area contributed by atoms with Crippen molar-refractivity contribution >= 4 is 28.3 Å². The molecule has 46 heavy (non-hydrogen) atoms. The lowest BCUT2D eigenvalue weighted by Gasteiger charge is -2.39. The fraction of sp³-hybridized carbons (Fsp3) is 0.182. The van der Waals surface area contributed by atoms with E-state index in [9.17, 15) is 0 Å². The van der Waals surface area contributed by atoms with Crippen LogP contribution >= 0.6 is 0 Å². The normalized spacial score (nSPS) is 22.7. The second kappa shape index (κ2) is 11.7. The van der Waals surface area contributed by atoms with Crippen LogP contribution in [0.4, 0.5) is 22.7 Å². The first-order valence-electron chi connectivity index (χ1n) is 16.7. The Labute approximate surface area is 273 Å². The predicted octanol–water partition coefficient (Wildman–Crippen LogP) is 11.8. The minimum Gasteiger partial charge on any atom is -0.331 e. The van der Waals surface area contributed by atoms with Crippen LogP contribution in [0, 0.1) is 5.92 Å². The van der Waals surface area contributed by atoms with Gasteiger partial charge in [-0.25, -0.2) is 0 Å². The molecule has 0 fully saturated rings. The van der Waals surface area contributed by atoms with Gasteiger partial charge < -0.3 is 9.80 Å². The first-order chi connectivity index (χ1) is 22.6. The molecule has 8 rings (SSSR count). The van der Waals surface area contributed by atoms with E-state index in [1.807, 2.05) is 0 Å². The number of benzene rings is 4. The highest BCUT2D eigenvalue weighted by molar-refractivity contribution is 5.81. The minimum atomic E-state index is -0.118. The van der Waals surface area contributed by atoms with Crippen LogP contribution in [-0.2, 0) is 0 Å². The molecule has 3 aliphatic carbocycles. The van der Waals surface area contributed by atoms with Crippen molar-refractivity contribution < 1.29 is 0 Å². The Kier molecular flexibility index (Phi) is 7.22. The summed E-state index contributed by atoms with van der Waals surface area (Å²) in [6.45, 7) is 4.63. The molecule has 0 saturated heterocycles. The molecule has 226 valence electrons. The fourth-order valence-corrected chi connectivity index (χ4v) is 7.55. The van der Waals surface area contributed by atoms with Crippen molar-refractivity contribution in [3.05, 3.63) is 175 Å². The zero-order valence-electron chi connectivity index (χ0n) is 26.7. The summed E-state index contributed by atoms with van der Waals surface area (Å²) in [6.07, 6.45) is 26.2. The highest BCUT2D eigenvalue weighted by Crippen LogP contribution is 2.53. The number of rotatable bonds is 6. The summed E-state index contributed by atoms with van der Waals surface area (Å²) in [4.78, 5) is 4.90. The summed E-state index contributed by atoms with van der Waals surface area (Å²) < 4.78 is 0. The first kappa shape index (κ1) is 28.4. The van der Waals surface area contributed by atoms with E-state index in [-0.39, 0.29) is 5.54 Å². The summed E-state index contributed by atoms with van der Waals surface area (Å²) in [5.41, 5.74) is 12.4. The maximum absolute atomic E-state index is 2.51. The lowest BCUT2D eigenvalue weighted by Crippen LogP contribution is -2.41. The molecule has 1 heterocycles. The SMILES string of the molecule is CC1C=CC(N(c2ccc(C3=CCCC=C3)cc2)c2ccc(-c3ccc(N4c5ccccc5C5C=CC=CC54C)cc3)cc2)=CC1. The summed E-state index contributed by atoms with van der Waals surface area (Å²) in [5.74, 6) is 0.912. The van der Waals surface area contributed by atoms with Gasteiger partial charge in [-0.3, -0.25) is 0 Å². The summed E-state index contributed by atoms with van der Waals surface area (Å²) in [6, 6.07) is 36.0. The zero-order chi connectivity index (χ0) is 31.1. The van der Waals surface area contributed by atoms with Crippen LogP contribution in [0.3, 0.4) is 0 Å². The molecule has 0 N–H and O–H groups in total. The van der Waals surface area contributed by atoms with E-state index in [1.165, 1.54) is 56.3 Å². The number of anilines is 4. The average Bonchev–Trinajstić information content (AvgIpc) is 3.38. The Morgan fingerprint density at radius 3 is 2.07 bits per heavy atom. The van der Waals surface area contributed by atoms with E-state index in [0.717, 1.165) is 19.3 Å². The second-order valence-electron chi connectivity index (χ2n) is 13.2. The Morgan fingerprint density at radius 1 is 0.696 bits per heavy atom. The van der Waals surface area contributed by atoms with Crippen LogP contribution in [0.5, 0.6) is 0 Å². The molecular weight excluding hydrogens is 556 g/mol. The Balaban J connectivity index is 1.08. The highest BCUT2D eigenvalue weighted by Gasteiger charge is 2.46. The quantitative estimate of drug-likeness (QED) is 0.218. The van der Waals surface area contributed by atoms with Crippen molar-refractivity contribution in [1.82, 2.24) is 0 Å². The lowest BCUT2D eigenvalue weighted by molar-refractivity contribution is 0.542. The summed E-state index contributed by atoms with van der Waals surface area (Å²) in [5, 5.41) is 0. The second-order valence-corrected chi connectivity index (χ2v) is 13.2. The van der Waals surface area contributed by atoms with Gasteiger partial charge in [0.2, 0.25) is 0 Å². The Bertz CT molecular complexity index is 1930. The van der Waals surface area contributed by atoms with Crippen molar-refractivity contribution in [3.63, 3.8) is 0 Å². The van der Waals surface area contributed by atoms with Gasteiger partial charge in [-0.2, -0.15) is 0 Å². The highest BCUT2D eigenvalue weighted by atomic mass is 15.2. The van der Waals surface area contributed by atoms with E-state index in [1.54, 1.807) is 0 Å². The van der Waals surface area contributed by atoms with E-state index in [0.29, 0.717) is 11.8 Å². The molecule has 0 bridgehead atoms. The van der Waals surface area contributed by atoms with E-state index >= 15 is 0 Å². The van der Waals surface area contributed by atoms with Crippen LogP contribution in [0.15, 0.2) is 164 Å². The monoisotopic (exact) mass is 596 g/mol. The molecule has 2 nitrogen and oxygen atoms in total. The zero-order valence-corrected chi connectivity index (χ0v) is 26.7. The molecule has 3 unspecified atom stereocenters. The van der Waals surface area contributed by atoms with Gasteiger partial charge in [-0.05, 0) is 108 Å². The molecule has 2 heteroatoms. The molecule has 4 aliphatic rings. The van der Waals surface area contributed by atoms with Crippen LogP contribution in [0.25, 0.3) is 16.7 Å². The van der Waals surface area contributed by atoms with Crippen LogP contribution in [-0.4, -0.2) is 5.54 Å². The largest absolute Gasteiger partial charge is 0.331 e. The van der Waals surface area contributed by atoms with Crippen molar-refractivity contribution in [2.45, 2.75) is 44.6 Å². The van der Waals surface area contributed by atoms with Gasteiger partial charge in [0.1, 0.15) is 0 Å². The van der Waals surface area contributed by atoms with E-state index < -0.39 is 0 Å². The van der Waals surface area contributed by atoms with E-state index in [4.69, 9.17) is 0 Å². The van der Waals surface area contributed by atoms with Crippen molar-refractivity contribution in [1.29, 1.82) is 0 Å². The van der Waals surface area contributed by atoms with Crippen molar-refractivity contribution in [2.75, 3.05) is 9.80 Å². The number of allylic oxidation sites excluding steroid dienone is 9. The van der Waals surface area contributed by atoms with Crippen LogP contribution in [0.2, 0.25) is 0 Å². The van der Waals surface area contributed by atoms with Gasteiger partial charge in [-0.1, -0.05) is 116 Å². The van der Waals surface area contributed by atoms with Gasteiger partial charge in [0.15, 0.2) is 0 Å². The maximum atomic E-state index is 2.51. The summed E-state index contributed by atoms with van der Waals surface area (Å²) >= 11 is 0. The topological polar surface area (TPSA) is 6.48 Å². The molecule has 3 atom stereocenters. The van der Waals surface area contributed by atoms with Crippen LogP contribution in [0.1, 0.15) is 50.2 Å². The van der Waals surface area contributed by atoms with Gasteiger partial charge in [0.25, 0.3) is 0 Å². The number of hydrogen-bond acceptors (Lipinski definition) is 2. The number of para-hydroxylation sites is 1. The number of hydrogen-bond donors (Lipinski definition) is 0. The summed E-state index contributed by atoms with van der Waals surface area (Å²) in [7, 11) is 0. The average molecular weight is 597 g/mol. The third-order valence-electron chi connectivity index (χ3n) is 10.1. The molecule has 4 aromatic carbocycles. The van der Waals surface area contributed by atoms with Gasteiger partial charge in [0, 0.05) is 34.4 Å². The van der Waals surface area contributed by atoms with Crippen molar-refractivity contribution in [2.24, 2.45) is 5.92 Å². The molecule has 0 aromatic heterocycles. The fourth-order valence-electron chi connectivity index (χ4n) is 7.55. The predicted molar refractivity (Wildman–Crippen MR) is 196 cm³/mol. The molecule has 1 aliphatic heterocycles. The lowest BCUT2D eigenvalue weighted by atomic mass is 9.80. The van der Waals surface area contributed by atoms with Gasteiger partial charge in [-0.15, -0.1) is 0 Å². The van der Waals surface area contributed by atoms with Crippen molar-refractivity contribution in [3.8, 4) is 11.1 Å². The maximum Gasteiger partial charge on any atom is 0.0712 e. The van der Waals surface area contributed by atoms with Gasteiger partial charge >= 0.3 is 0 Å². The molecule has 0 amide bonds. The van der Waals surface area contributed by atoms with E-state index in [2.05, 4.69) is 181 Å². The smallest absolute Gasteiger partial charge is 0.0712 e. The standard InChI is InChI=1S/C44H40N2/c1-32-15-23-37(24-16-32)45(38-25-17-34(18-26-38)33-10-4-3-5-11-33)39-27-19-35(20-28-39)36-21-29-40(30-22-36)46-43-14-7-6-12-41(43)42-13-8-9-31-44(42,46)2/h4,6-15,17-32,42H,3,5,16H2,1-2H3. The Morgan fingerprint density at radius 2 is 1.39 bits per heavy atom. The van der Waals surface area contributed by atoms with Crippen LogP contribution < -0.4 is 9.80 Å². The molecule has 4 aromatic rings. The first-order valence-corrected chi connectivity index (χ1v) is 16.7. The molecule has 0 saturated carbocycles. The molecule has 0 spiro atoms. The minimum absolute atomic E-state index is 0.118. The third-order valence-corrected chi connectivity index (χ3v) is 10.1.